The fraction of sp³-hybridized carbons (Fsp3) is 0.583. The van der Waals surface area contributed by atoms with E-state index in [2.05, 4.69) is 5.32 Å². The molecule has 0 spiro atoms. The number of carbonyl (C=O) groups excluding carboxylic acids is 1. The highest BCUT2D eigenvalue weighted by atomic mass is 35.5. The van der Waals surface area contributed by atoms with Gasteiger partial charge in [-0.2, -0.15) is 8.78 Å². The molecule has 1 fully saturated rings. The molecule has 2 heterocycles. The van der Waals surface area contributed by atoms with E-state index in [9.17, 15) is 13.6 Å². The fourth-order valence-electron chi connectivity index (χ4n) is 2.18. The van der Waals surface area contributed by atoms with Crippen LogP contribution in [-0.4, -0.2) is 42.7 Å². The summed E-state index contributed by atoms with van der Waals surface area (Å²) < 4.78 is 24.9. The molecular weight excluding hydrogens is 326 g/mol. The van der Waals surface area contributed by atoms with Crippen LogP contribution >= 0.6 is 35.5 Å². The molecule has 8 heteroatoms. The molecule has 1 aromatic rings. The minimum Gasteiger partial charge on any atom is -0.336 e. The third kappa shape index (κ3) is 4.31. The number of nitrogens with one attached hydrogen (secondary N) is 1. The molecule has 2 rings (SSSR count). The lowest BCUT2D eigenvalue weighted by Gasteiger charge is -2.32. The highest BCUT2D eigenvalue weighted by molar-refractivity contribution is 7.99. The summed E-state index contributed by atoms with van der Waals surface area (Å²) >= 11 is 1.68. The molecule has 1 saturated heterocycles. The third-order valence-corrected chi connectivity index (χ3v) is 4.96. The van der Waals surface area contributed by atoms with Gasteiger partial charge >= 0.3 is 0 Å². The number of hydrogen-bond donors (Lipinski definition) is 1. The van der Waals surface area contributed by atoms with E-state index in [0.29, 0.717) is 40.7 Å². The van der Waals surface area contributed by atoms with Crippen molar-refractivity contribution in [2.24, 2.45) is 0 Å². The summed E-state index contributed by atoms with van der Waals surface area (Å²) in [4.78, 5) is 14.9. The molecule has 1 unspecified atom stereocenters. The van der Waals surface area contributed by atoms with Gasteiger partial charge in [0.2, 0.25) is 0 Å². The molecule has 1 aromatic heterocycles. The van der Waals surface area contributed by atoms with Crippen molar-refractivity contribution >= 4 is 41.4 Å². The molecule has 1 amide bonds. The van der Waals surface area contributed by atoms with Crippen molar-refractivity contribution < 1.29 is 13.6 Å². The first-order valence-electron chi connectivity index (χ1n) is 6.10. The van der Waals surface area contributed by atoms with Crippen LogP contribution in [0, 0.1) is 0 Å². The van der Waals surface area contributed by atoms with Gasteiger partial charge in [-0.05, 0) is 31.3 Å². The van der Waals surface area contributed by atoms with E-state index in [1.54, 1.807) is 16.3 Å². The van der Waals surface area contributed by atoms with E-state index in [1.807, 2.05) is 7.05 Å². The molecule has 0 bridgehead atoms. The summed E-state index contributed by atoms with van der Waals surface area (Å²) in [5.41, 5.74) is 0. The van der Waals surface area contributed by atoms with Crippen LogP contribution in [0.25, 0.3) is 0 Å². The third-order valence-electron chi connectivity index (χ3n) is 3.16. The largest absolute Gasteiger partial charge is 0.336 e. The molecule has 1 N–H and O–H groups in total. The van der Waals surface area contributed by atoms with Crippen LogP contribution in [-0.2, 0) is 0 Å². The maximum absolute atomic E-state index is 12.4. The van der Waals surface area contributed by atoms with Gasteiger partial charge in [-0.1, -0.05) is 11.8 Å². The van der Waals surface area contributed by atoms with Crippen LogP contribution in [0.3, 0.4) is 0 Å². The minimum atomic E-state index is -2.49. The molecule has 3 nitrogen and oxygen atoms in total. The lowest BCUT2D eigenvalue weighted by atomic mass is 10.1. The average Bonchev–Trinajstić information content (AvgIpc) is 2.85. The predicted octanol–water partition coefficient (Wildman–Crippen LogP) is 3.31. The summed E-state index contributed by atoms with van der Waals surface area (Å²) in [5.74, 6) is -2.62. The van der Waals surface area contributed by atoms with E-state index >= 15 is 0 Å². The number of rotatable bonds is 4. The van der Waals surface area contributed by atoms with Crippen molar-refractivity contribution in [3.05, 3.63) is 16.3 Å². The van der Waals surface area contributed by atoms with Crippen LogP contribution in [0.15, 0.2) is 16.3 Å². The zero-order chi connectivity index (χ0) is 13.8. The molecular formula is C12H17ClF2N2OS2. The normalized spacial score (nSPS) is 19.0. The second-order valence-electron chi connectivity index (χ2n) is 4.37. The molecule has 1 aliphatic heterocycles. The van der Waals surface area contributed by atoms with Gasteiger partial charge in [0.05, 0.1) is 0 Å². The van der Waals surface area contributed by atoms with Gasteiger partial charge in [-0.15, -0.1) is 23.7 Å². The Bertz CT molecular complexity index is 445. The number of halogens is 3. The maximum atomic E-state index is 12.4. The number of hydrogen-bond acceptors (Lipinski definition) is 4. The van der Waals surface area contributed by atoms with Crippen LogP contribution in [0.4, 0.5) is 8.78 Å². The van der Waals surface area contributed by atoms with Gasteiger partial charge in [0.1, 0.15) is 4.88 Å². The smallest absolute Gasteiger partial charge is 0.288 e. The number of nitrogens with zero attached hydrogens (tertiary/aromatic N) is 1. The van der Waals surface area contributed by atoms with Gasteiger partial charge in [0, 0.05) is 24.0 Å². The van der Waals surface area contributed by atoms with E-state index in [1.165, 1.54) is 11.3 Å². The Morgan fingerprint density at radius 1 is 1.60 bits per heavy atom. The SMILES string of the molecule is CNC1CCCN(C(=O)c2sccc2SC(F)F)C1.Cl. The van der Waals surface area contributed by atoms with Gasteiger partial charge in [-0.25, -0.2) is 0 Å². The Morgan fingerprint density at radius 2 is 2.35 bits per heavy atom. The standard InChI is InChI=1S/C12H16F2N2OS2.ClH/c1-15-8-3-2-5-16(7-8)11(17)10-9(4-6-18-10)19-12(13)14;/h4,6,8,12,15H,2-3,5,7H2,1H3;1H. The van der Waals surface area contributed by atoms with Gasteiger partial charge in [0.15, 0.2) is 0 Å². The Hall–Kier alpha value is -0.370. The van der Waals surface area contributed by atoms with Crippen LogP contribution < -0.4 is 5.32 Å². The molecule has 0 saturated carbocycles. The summed E-state index contributed by atoms with van der Waals surface area (Å²) in [6, 6.07) is 1.89. The molecule has 0 radical (unpaired) electrons. The topological polar surface area (TPSA) is 32.3 Å². The van der Waals surface area contributed by atoms with Crippen molar-refractivity contribution in [3.8, 4) is 0 Å². The Labute approximate surface area is 131 Å². The number of amides is 1. The van der Waals surface area contributed by atoms with Crippen molar-refractivity contribution in [2.45, 2.75) is 29.5 Å². The van der Waals surface area contributed by atoms with Crippen molar-refractivity contribution in [3.63, 3.8) is 0 Å². The van der Waals surface area contributed by atoms with Crippen molar-refractivity contribution in [1.29, 1.82) is 0 Å². The Morgan fingerprint density at radius 3 is 3.00 bits per heavy atom. The van der Waals surface area contributed by atoms with E-state index in [4.69, 9.17) is 0 Å². The molecule has 0 aliphatic carbocycles. The lowest BCUT2D eigenvalue weighted by molar-refractivity contribution is 0.0700. The predicted molar refractivity (Wildman–Crippen MR) is 81.4 cm³/mol. The number of thioether (sulfide) groups is 1. The molecule has 114 valence electrons. The number of thiophene rings is 1. The second-order valence-corrected chi connectivity index (χ2v) is 6.32. The summed E-state index contributed by atoms with van der Waals surface area (Å²) in [7, 11) is 1.88. The quantitative estimate of drug-likeness (QED) is 0.852. The first kappa shape index (κ1) is 17.7. The van der Waals surface area contributed by atoms with Gasteiger partial charge in [0.25, 0.3) is 11.7 Å². The molecule has 1 atom stereocenters. The Kier molecular flexibility index (Phi) is 7.22. The number of alkyl halides is 2. The van der Waals surface area contributed by atoms with Gasteiger partial charge < -0.3 is 10.2 Å². The first-order valence-corrected chi connectivity index (χ1v) is 7.86. The van der Waals surface area contributed by atoms with E-state index < -0.39 is 5.76 Å². The number of piperidine rings is 1. The molecule has 1 aliphatic rings. The van der Waals surface area contributed by atoms with Gasteiger partial charge in [-0.3, -0.25) is 4.79 Å². The summed E-state index contributed by atoms with van der Waals surface area (Å²) in [6.07, 6.45) is 1.99. The number of likely N-dealkylation sites (N-methyl/N-ethyl adjacent to an activating group) is 1. The first-order chi connectivity index (χ1) is 9.11. The second kappa shape index (κ2) is 8.17. The van der Waals surface area contributed by atoms with Crippen LogP contribution in [0.2, 0.25) is 0 Å². The fourth-order valence-corrected chi connectivity index (χ4v) is 3.85. The summed E-state index contributed by atoms with van der Waals surface area (Å²) in [5, 5.41) is 4.86. The number of likely N-dealkylation sites (tertiary alicyclic amines) is 1. The summed E-state index contributed by atoms with van der Waals surface area (Å²) in [6.45, 7) is 1.35. The van der Waals surface area contributed by atoms with E-state index in [-0.39, 0.29) is 18.3 Å². The number of carbonyl (C=O) groups is 1. The monoisotopic (exact) mass is 342 g/mol. The Balaban J connectivity index is 0.00000200. The molecule has 0 aromatic carbocycles. The van der Waals surface area contributed by atoms with E-state index in [0.717, 1.165) is 12.8 Å². The minimum absolute atomic E-state index is 0. The van der Waals surface area contributed by atoms with Crippen LogP contribution in [0.1, 0.15) is 22.5 Å². The average molecular weight is 343 g/mol. The zero-order valence-electron chi connectivity index (χ0n) is 11.0. The highest BCUT2D eigenvalue weighted by Crippen LogP contribution is 2.33. The highest BCUT2D eigenvalue weighted by Gasteiger charge is 2.26. The maximum Gasteiger partial charge on any atom is 0.288 e. The lowest BCUT2D eigenvalue weighted by Crippen LogP contribution is -2.46. The van der Waals surface area contributed by atoms with Crippen molar-refractivity contribution in [1.82, 2.24) is 10.2 Å². The van der Waals surface area contributed by atoms with Crippen molar-refractivity contribution in [2.75, 3.05) is 20.1 Å². The molecule has 20 heavy (non-hydrogen) atoms. The zero-order valence-corrected chi connectivity index (χ0v) is 13.4. The van der Waals surface area contributed by atoms with Crippen LogP contribution in [0.5, 0.6) is 0 Å².